The molecule has 1 fully saturated rings. The number of phenols is 1. The maximum atomic E-state index is 12.2. The molecule has 0 aromatic heterocycles. The van der Waals surface area contributed by atoms with Crippen molar-refractivity contribution in [2.75, 3.05) is 11.9 Å². The van der Waals surface area contributed by atoms with Crippen molar-refractivity contribution < 1.29 is 9.90 Å². The number of nitrogens with one attached hydrogen (secondary N) is 2. The molecule has 4 nitrogen and oxygen atoms in total. The zero-order valence-electron chi connectivity index (χ0n) is 10.4. The first kappa shape index (κ1) is 14.8. The van der Waals surface area contributed by atoms with Crippen LogP contribution >= 0.6 is 12.4 Å². The number of amides is 1. The average Bonchev–Trinajstić information content (AvgIpc) is 2.82. The minimum absolute atomic E-state index is 0. The molecule has 0 radical (unpaired) electrons. The highest BCUT2D eigenvalue weighted by Crippen LogP contribution is 2.27. The lowest BCUT2D eigenvalue weighted by molar-refractivity contribution is -0.122. The molecule has 1 aliphatic heterocycles. The highest BCUT2D eigenvalue weighted by Gasteiger charge is 2.39. The molecule has 1 aliphatic rings. The molecule has 1 saturated heterocycles. The number of benzene rings is 1. The average molecular weight is 271 g/mol. The molecule has 0 bridgehead atoms. The summed E-state index contributed by atoms with van der Waals surface area (Å²) in [6.45, 7) is 2.88. The first-order valence-electron chi connectivity index (χ1n) is 6.02. The van der Waals surface area contributed by atoms with Crippen molar-refractivity contribution >= 4 is 24.0 Å². The van der Waals surface area contributed by atoms with E-state index in [2.05, 4.69) is 10.6 Å². The van der Waals surface area contributed by atoms with Crippen LogP contribution in [0.15, 0.2) is 24.3 Å². The molecular weight excluding hydrogens is 252 g/mol. The monoisotopic (exact) mass is 270 g/mol. The lowest BCUT2D eigenvalue weighted by Crippen LogP contribution is -2.50. The Morgan fingerprint density at radius 1 is 1.50 bits per heavy atom. The normalized spacial score (nSPS) is 22.3. The Kier molecular flexibility index (Phi) is 4.99. The van der Waals surface area contributed by atoms with Crippen LogP contribution in [0.2, 0.25) is 0 Å². The second-order valence-electron chi connectivity index (χ2n) is 4.44. The standard InChI is InChI=1S/C13H18N2O2.ClH/c1-2-13(8-5-9-14-13)12(17)15-10-6-3-4-7-11(10)16;/h3-4,6-7,14,16H,2,5,8-9H2,1H3,(H,15,17);1H. The van der Waals surface area contributed by atoms with Gasteiger partial charge in [-0.1, -0.05) is 19.1 Å². The van der Waals surface area contributed by atoms with E-state index in [4.69, 9.17) is 0 Å². The van der Waals surface area contributed by atoms with Crippen LogP contribution in [-0.4, -0.2) is 23.1 Å². The maximum absolute atomic E-state index is 12.2. The van der Waals surface area contributed by atoms with E-state index in [9.17, 15) is 9.90 Å². The maximum Gasteiger partial charge on any atom is 0.244 e. The number of hydrogen-bond donors (Lipinski definition) is 3. The number of carbonyl (C=O) groups excluding carboxylic acids is 1. The van der Waals surface area contributed by atoms with Crippen LogP contribution in [0.5, 0.6) is 5.75 Å². The fourth-order valence-corrected chi connectivity index (χ4v) is 2.28. The smallest absolute Gasteiger partial charge is 0.244 e. The number of hydrogen-bond acceptors (Lipinski definition) is 3. The van der Waals surface area contributed by atoms with Crippen molar-refractivity contribution in [1.29, 1.82) is 0 Å². The zero-order valence-corrected chi connectivity index (χ0v) is 11.2. The Labute approximate surface area is 113 Å². The van der Waals surface area contributed by atoms with Gasteiger partial charge in [-0.25, -0.2) is 0 Å². The molecule has 2 rings (SSSR count). The molecule has 100 valence electrons. The molecule has 1 heterocycles. The Morgan fingerprint density at radius 2 is 2.22 bits per heavy atom. The molecule has 18 heavy (non-hydrogen) atoms. The minimum Gasteiger partial charge on any atom is -0.506 e. The Hall–Kier alpha value is -1.26. The summed E-state index contributed by atoms with van der Waals surface area (Å²) in [6.07, 6.45) is 2.62. The van der Waals surface area contributed by atoms with E-state index in [0.29, 0.717) is 5.69 Å². The lowest BCUT2D eigenvalue weighted by Gasteiger charge is -2.26. The molecule has 1 aromatic carbocycles. The summed E-state index contributed by atoms with van der Waals surface area (Å²) in [6, 6.07) is 6.78. The lowest BCUT2D eigenvalue weighted by atomic mass is 9.93. The second kappa shape index (κ2) is 6.07. The SMILES string of the molecule is CCC1(C(=O)Nc2ccccc2O)CCCN1.Cl. The van der Waals surface area contributed by atoms with Crippen LogP contribution in [0.25, 0.3) is 0 Å². The number of aromatic hydroxyl groups is 1. The summed E-state index contributed by atoms with van der Waals surface area (Å²) in [5, 5.41) is 15.7. The van der Waals surface area contributed by atoms with Gasteiger partial charge in [0.1, 0.15) is 5.75 Å². The summed E-state index contributed by atoms with van der Waals surface area (Å²) in [7, 11) is 0. The van der Waals surface area contributed by atoms with Crippen LogP contribution in [-0.2, 0) is 4.79 Å². The van der Waals surface area contributed by atoms with Gasteiger partial charge in [0.05, 0.1) is 11.2 Å². The Bertz CT molecular complexity index is 417. The largest absolute Gasteiger partial charge is 0.506 e. The van der Waals surface area contributed by atoms with Crippen molar-refractivity contribution in [3.8, 4) is 5.75 Å². The molecular formula is C13H19ClN2O2. The first-order chi connectivity index (χ1) is 8.18. The third-order valence-electron chi connectivity index (χ3n) is 3.43. The van der Waals surface area contributed by atoms with Crippen LogP contribution in [0, 0.1) is 0 Å². The fraction of sp³-hybridized carbons (Fsp3) is 0.462. The highest BCUT2D eigenvalue weighted by molar-refractivity contribution is 5.99. The van der Waals surface area contributed by atoms with Crippen LogP contribution < -0.4 is 10.6 Å². The predicted octanol–water partition coefficient (Wildman–Crippen LogP) is 2.28. The summed E-state index contributed by atoms with van der Waals surface area (Å²) in [5.41, 5.74) is 0.00136. The molecule has 0 saturated carbocycles. The Balaban J connectivity index is 0.00000162. The van der Waals surface area contributed by atoms with E-state index in [0.717, 1.165) is 25.8 Å². The number of rotatable bonds is 3. The highest BCUT2D eigenvalue weighted by atomic mass is 35.5. The van der Waals surface area contributed by atoms with E-state index >= 15 is 0 Å². The van der Waals surface area contributed by atoms with E-state index in [1.807, 2.05) is 6.92 Å². The molecule has 0 aliphatic carbocycles. The molecule has 1 amide bonds. The number of phenolic OH excluding ortho intramolecular Hbond substituents is 1. The Morgan fingerprint density at radius 3 is 2.78 bits per heavy atom. The third kappa shape index (κ3) is 2.76. The van der Waals surface area contributed by atoms with Crippen molar-refractivity contribution in [2.24, 2.45) is 0 Å². The van der Waals surface area contributed by atoms with Crippen LogP contribution in [0.3, 0.4) is 0 Å². The van der Waals surface area contributed by atoms with E-state index in [-0.39, 0.29) is 24.1 Å². The number of para-hydroxylation sites is 2. The molecule has 5 heteroatoms. The zero-order chi connectivity index (χ0) is 12.3. The molecule has 1 atom stereocenters. The molecule has 3 N–H and O–H groups in total. The number of carbonyl (C=O) groups is 1. The number of anilines is 1. The summed E-state index contributed by atoms with van der Waals surface area (Å²) >= 11 is 0. The van der Waals surface area contributed by atoms with Crippen molar-refractivity contribution in [2.45, 2.75) is 31.7 Å². The van der Waals surface area contributed by atoms with Gasteiger partial charge in [0.15, 0.2) is 0 Å². The fourth-order valence-electron chi connectivity index (χ4n) is 2.28. The summed E-state index contributed by atoms with van der Waals surface area (Å²) < 4.78 is 0. The van der Waals surface area contributed by atoms with Gasteiger partial charge in [-0.05, 0) is 37.9 Å². The first-order valence-corrected chi connectivity index (χ1v) is 6.02. The summed E-state index contributed by atoms with van der Waals surface area (Å²) in [5.74, 6) is 0.0455. The molecule has 1 unspecified atom stereocenters. The molecule has 1 aromatic rings. The minimum atomic E-state index is -0.470. The van der Waals surface area contributed by atoms with Gasteiger partial charge in [-0.2, -0.15) is 0 Å². The van der Waals surface area contributed by atoms with Crippen LogP contribution in [0.1, 0.15) is 26.2 Å². The van der Waals surface area contributed by atoms with Gasteiger partial charge >= 0.3 is 0 Å². The van der Waals surface area contributed by atoms with Crippen molar-refractivity contribution in [3.05, 3.63) is 24.3 Å². The van der Waals surface area contributed by atoms with Crippen molar-refractivity contribution in [1.82, 2.24) is 5.32 Å². The number of halogens is 1. The summed E-state index contributed by atoms with van der Waals surface area (Å²) in [4.78, 5) is 12.2. The third-order valence-corrected chi connectivity index (χ3v) is 3.43. The van der Waals surface area contributed by atoms with E-state index < -0.39 is 5.54 Å². The van der Waals surface area contributed by atoms with Gasteiger partial charge in [0.25, 0.3) is 0 Å². The van der Waals surface area contributed by atoms with Gasteiger partial charge in [0, 0.05) is 0 Å². The molecule has 0 spiro atoms. The van der Waals surface area contributed by atoms with Gasteiger partial charge in [-0.15, -0.1) is 12.4 Å². The predicted molar refractivity (Wildman–Crippen MR) is 74.2 cm³/mol. The second-order valence-corrected chi connectivity index (χ2v) is 4.44. The van der Waals surface area contributed by atoms with Gasteiger partial charge < -0.3 is 15.7 Å². The van der Waals surface area contributed by atoms with Crippen molar-refractivity contribution in [3.63, 3.8) is 0 Å². The van der Waals surface area contributed by atoms with Gasteiger partial charge in [0.2, 0.25) is 5.91 Å². The van der Waals surface area contributed by atoms with Gasteiger partial charge in [-0.3, -0.25) is 4.79 Å². The quantitative estimate of drug-likeness (QED) is 0.739. The van der Waals surface area contributed by atoms with E-state index in [1.54, 1.807) is 24.3 Å². The van der Waals surface area contributed by atoms with Crippen LogP contribution in [0.4, 0.5) is 5.69 Å². The van der Waals surface area contributed by atoms with E-state index in [1.165, 1.54) is 0 Å². The topological polar surface area (TPSA) is 61.4 Å².